The van der Waals surface area contributed by atoms with Crippen LogP contribution in [-0.4, -0.2) is 23.5 Å². The van der Waals surface area contributed by atoms with Gasteiger partial charge >= 0.3 is 0 Å². The fourth-order valence-electron chi connectivity index (χ4n) is 1.29. The number of halogens is 2. The molecule has 5 nitrogen and oxygen atoms in total. The molecule has 0 saturated carbocycles. The van der Waals surface area contributed by atoms with E-state index in [1.54, 1.807) is 19.9 Å². The molecule has 0 atom stereocenters. The van der Waals surface area contributed by atoms with Crippen molar-refractivity contribution < 1.29 is 10.0 Å². The van der Waals surface area contributed by atoms with Crippen LogP contribution < -0.4 is 11.1 Å². The molecule has 0 bridgehead atoms. The Bertz CT molecular complexity index is 518. The Morgan fingerprint density at radius 2 is 2.21 bits per heavy atom. The fraction of sp³-hybridized carbons (Fsp3) is 0.333. The third-order valence-corrected chi connectivity index (χ3v) is 4.03. The summed E-state index contributed by atoms with van der Waals surface area (Å²) in [5, 5.41) is 14.4. The highest BCUT2D eigenvalue weighted by Gasteiger charge is 2.25. The van der Waals surface area contributed by atoms with Gasteiger partial charge in [0, 0.05) is 20.0 Å². The van der Waals surface area contributed by atoms with E-state index in [2.05, 4.69) is 49.0 Å². The molecule has 0 saturated heterocycles. The van der Waals surface area contributed by atoms with E-state index in [-0.39, 0.29) is 18.3 Å². The van der Waals surface area contributed by atoms with Gasteiger partial charge in [-0.05, 0) is 56.7 Å². The van der Waals surface area contributed by atoms with Gasteiger partial charge in [0.2, 0.25) is 0 Å². The molecular weight excluding hydrogens is 425 g/mol. The zero-order valence-corrected chi connectivity index (χ0v) is 14.3. The molecule has 7 heteroatoms. The summed E-state index contributed by atoms with van der Waals surface area (Å²) in [6.45, 7) is 3.85. The quantitative estimate of drug-likeness (QED) is 0.221. The van der Waals surface area contributed by atoms with Crippen LogP contribution in [0, 0.1) is 8.99 Å². The zero-order valence-electron chi connectivity index (χ0n) is 10.6. The summed E-state index contributed by atoms with van der Waals surface area (Å²) in [6, 6.07) is 5.52. The van der Waals surface area contributed by atoms with Gasteiger partial charge in [0.05, 0.1) is 5.56 Å². The summed E-state index contributed by atoms with van der Waals surface area (Å²) in [6.07, 6.45) is 0. The topological polar surface area (TPSA) is 87.7 Å². The molecule has 0 aliphatic heterocycles. The molecule has 4 N–H and O–H groups in total. The summed E-state index contributed by atoms with van der Waals surface area (Å²) in [7, 11) is 0. The van der Waals surface area contributed by atoms with Gasteiger partial charge in [0.25, 0.3) is 5.91 Å². The number of carbonyl (C=O) groups is 1. The van der Waals surface area contributed by atoms with Crippen LogP contribution in [0.15, 0.2) is 27.8 Å². The van der Waals surface area contributed by atoms with Crippen molar-refractivity contribution in [3.05, 3.63) is 31.8 Å². The van der Waals surface area contributed by atoms with E-state index in [4.69, 9.17) is 10.9 Å². The Kier molecular flexibility index (Phi) is 5.60. The maximum absolute atomic E-state index is 12.1. The Morgan fingerprint density at radius 3 is 2.79 bits per heavy atom. The monoisotopic (exact) mass is 439 g/mol. The highest BCUT2D eigenvalue weighted by Crippen LogP contribution is 2.20. The molecule has 19 heavy (non-hydrogen) atoms. The Hall–Kier alpha value is -0.830. The molecule has 1 amide bonds. The molecule has 0 aliphatic rings. The summed E-state index contributed by atoms with van der Waals surface area (Å²) < 4.78 is 1.70. The number of oxime groups is 1. The Morgan fingerprint density at radius 1 is 1.58 bits per heavy atom. The summed E-state index contributed by atoms with van der Waals surface area (Å²) >= 11 is 5.49. The van der Waals surface area contributed by atoms with Crippen molar-refractivity contribution in [2.24, 2.45) is 16.3 Å². The summed E-state index contributed by atoms with van der Waals surface area (Å²) in [4.78, 5) is 12.1. The first-order chi connectivity index (χ1) is 8.77. The van der Waals surface area contributed by atoms with Crippen molar-refractivity contribution >= 4 is 50.3 Å². The lowest BCUT2D eigenvalue weighted by Gasteiger charge is -2.23. The molecule has 104 valence electrons. The highest BCUT2D eigenvalue weighted by atomic mass is 127. The van der Waals surface area contributed by atoms with Crippen LogP contribution in [-0.2, 0) is 0 Å². The molecule has 0 unspecified atom stereocenters. The van der Waals surface area contributed by atoms with E-state index in [1.807, 2.05) is 12.1 Å². The number of nitrogens with two attached hydrogens (primary N) is 1. The van der Waals surface area contributed by atoms with Gasteiger partial charge in [0.15, 0.2) is 0 Å². The van der Waals surface area contributed by atoms with Crippen molar-refractivity contribution in [2.45, 2.75) is 13.8 Å². The van der Waals surface area contributed by atoms with Gasteiger partial charge < -0.3 is 16.3 Å². The van der Waals surface area contributed by atoms with Crippen molar-refractivity contribution in [1.82, 2.24) is 5.32 Å². The first-order valence-corrected chi connectivity index (χ1v) is 7.36. The van der Waals surface area contributed by atoms with Crippen LogP contribution >= 0.6 is 38.5 Å². The second-order valence-electron chi connectivity index (χ2n) is 4.68. The van der Waals surface area contributed by atoms with Crippen LogP contribution in [0.2, 0.25) is 0 Å². The van der Waals surface area contributed by atoms with Gasteiger partial charge in [0.1, 0.15) is 5.84 Å². The number of carbonyl (C=O) groups excluding carboxylic acids is 1. The Labute approximate surface area is 133 Å². The molecule has 1 rings (SSSR count). The van der Waals surface area contributed by atoms with E-state index in [0.717, 1.165) is 8.04 Å². The number of hydrogen-bond acceptors (Lipinski definition) is 3. The fourth-order valence-corrected chi connectivity index (χ4v) is 2.21. The summed E-state index contributed by atoms with van der Waals surface area (Å²) in [5.41, 5.74) is 5.51. The molecule has 0 heterocycles. The molecule has 0 aliphatic carbocycles. The minimum Gasteiger partial charge on any atom is -0.409 e. The number of nitrogens with zero attached hydrogens (tertiary/aromatic N) is 1. The number of amidine groups is 1. The highest BCUT2D eigenvalue weighted by molar-refractivity contribution is 14.1. The third-order valence-electron chi connectivity index (χ3n) is 2.67. The minimum atomic E-state index is -0.612. The average Bonchev–Trinajstić information content (AvgIpc) is 2.37. The van der Waals surface area contributed by atoms with Crippen molar-refractivity contribution in [3.63, 3.8) is 0 Å². The average molecular weight is 440 g/mol. The van der Waals surface area contributed by atoms with Crippen molar-refractivity contribution in [1.29, 1.82) is 0 Å². The zero-order chi connectivity index (χ0) is 14.6. The third kappa shape index (κ3) is 4.34. The van der Waals surface area contributed by atoms with E-state index < -0.39 is 5.41 Å². The van der Waals surface area contributed by atoms with E-state index >= 15 is 0 Å². The standard InChI is InChI=1S/C12H15BrIN3O2/c1-12(2,11(15)17-19)6-16-10(18)8-5-7(14)3-4-9(8)13/h3-5,19H,6H2,1-2H3,(H2,15,17)(H,16,18). The predicted molar refractivity (Wildman–Crippen MR) is 86.4 cm³/mol. The van der Waals surface area contributed by atoms with Crippen molar-refractivity contribution in [3.8, 4) is 0 Å². The second-order valence-corrected chi connectivity index (χ2v) is 6.78. The van der Waals surface area contributed by atoms with Crippen LogP contribution in [0.5, 0.6) is 0 Å². The molecule has 1 aromatic carbocycles. The molecule has 0 fully saturated rings. The van der Waals surface area contributed by atoms with Gasteiger partial charge in [-0.2, -0.15) is 0 Å². The van der Waals surface area contributed by atoms with Gasteiger partial charge in [-0.1, -0.05) is 19.0 Å². The van der Waals surface area contributed by atoms with Crippen LogP contribution in [0.3, 0.4) is 0 Å². The normalized spacial score (nSPS) is 12.3. The first kappa shape index (κ1) is 16.2. The van der Waals surface area contributed by atoms with Crippen LogP contribution in [0.25, 0.3) is 0 Å². The maximum Gasteiger partial charge on any atom is 0.252 e. The maximum atomic E-state index is 12.1. The first-order valence-electron chi connectivity index (χ1n) is 5.49. The lowest BCUT2D eigenvalue weighted by Crippen LogP contribution is -2.42. The van der Waals surface area contributed by atoms with Crippen LogP contribution in [0.4, 0.5) is 0 Å². The second kappa shape index (κ2) is 6.56. The van der Waals surface area contributed by atoms with E-state index in [1.165, 1.54) is 0 Å². The number of amides is 1. The number of rotatable bonds is 4. The molecule has 0 radical (unpaired) electrons. The Balaban J connectivity index is 2.79. The molecule has 0 aromatic heterocycles. The SMILES string of the molecule is CC(C)(CNC(=O)c1cc(I)ccc1Br)/C(N)=N/O. The lowest BCUT2D eigenvalue weighted by atomic mass is 9.92. The number of hydrogen-bond donors (Lipinski definition) is 3. The summed E-state index contributed by atoms with van der Waals surface area (Å²) in [5.74, 6) is -0.126. The van der Waals surface area contributed by atoms with Gasteiger partial charge in [-0.25, -0.2) is 0 Å². The molecular formula is C12H15BrIN3O2. The minimum absolute atomic E-state index is 0.0782. The van der Waals surface area contributed by atoms with E-state index in [9.17, 15) is 4.79 Å². The lowest BCUT2D eigenvalue weighted by molar-refractivity contribution is 0.0943. The van der Waals surface area contributed by atoms with Gasteiger partial charge in [-0.15, -0.1) is 0 Å². The van der Waals surface area contributed by atoms with Crippen molar-refractivity contribution in [2.75, 3.05) is 6.54 Å². The van der Waals surface area contributed by atoms with Crippen LogP contribution in [0.1, 0.15) is 24.2 Å². The molecule has 1 aromatic rings. The van der Waals surface area contributed by atoms with Gasteiger partial charge in [-0.3, -0.25) is 4.79 Å². The number of benzene rings is 1. The number of nitrogens with one attached hydrogen (secondary N) is 1. The van der Waals surface area contributed by atoms with E-state index in [0.29, 0.717) is 5.56 Å². The largest absolute Gasteiger partial charge is 0.409 e. The smallest absolute Gasteiger partial charge is 0.252 e. The predicted octanol–water partition coefficient (Wildman–Crippen LogP) is 2.56. The molecule has 0 spiro atoms.